The summed E-state index contributed by atoms with van der Waals surface area (Å²) in [5, 5.41) is 2.91. The van der Waals surface area contributed by atoms with Gasteiger partial charge in [-0.3, -0.25) is 9.69 Å². The largest absolute Gasteiger partial charge is 0.492 e. The molecule has 0 saturated heterocycles. The van der Waals surface area contributed by atoms with E-state index in [2.05, 4.69) is 5.32 Å². The number of nitrogens with zero attached hydrogens (tertiary/aromatic N) is 1. The highest BCUT2D eigenvalue weighted by Gasteiger charge is 2.11. The maximum atomic E-state index is 12.9. The van der Waals surface area contributed by atoms with E-state index >= 15 is 0 Å². The Kier molecular flexibility index (Phi) is 6.75. The number of nitrogens with one attached hydrogen (secondary N) is 1. The third-order valence-corrected chi connectivity index (χ3v) is 3.65. The highest BCUT2D eigenvalue weighted by atomic mass is 19.1. The summed E-state index contributed by atoms with van der Waals surface area (Å²) in [5.41, 5.74) is 0.875. The zero-order valence-corrected chi connectivity index (χ0v) is 14.0. The molecule has 0 aliphatic heterocycles. The van der Waals surface area contributed by atoms with Crippen molar-refractivity contribution in [3.63, 3.8) is 0 Å². The van der Waals surface area contributed by atoms with Crippen LogP contribution >= 0.6 is 0 Å². The van der Waals surface area contributed by atoms with Crippen molar-refractivity contribution in [2.45, 2.75) is 13.0 Å². The van der Waals surface area contributed by atoms with Crippen LogP contribution in [0, 0.1) is 5.82 Å². The first kappa shape index (κ1) is 17.9. The molecular formula is C19H23FN2O2. The Morgan fingerprint density at radius 1 is 1.17 bits per heavy atom. The van der Waals surface area contributed by atoms with Crippen molar-refractivity contribution >= 4 is 5.91 Å². The minimum Gasteiger partial charge on any atom is -0.492 e. The van der Waals surface area contributed by atoms with E-state index in [9.17, 15) is 9.18 Å². The molecule has 0 saturated carbocycles. The molecule has 0 heterocycles. The van der Waals surface area contributed by atoms with E-state index in [1.54, 1.807) is 12.1 Å². The van der Waals surface area contributed by atoms with E-state index in [-0.39, 0.29) is 24.3 Å². The van der Waals surface area contributed by atoms with Crippen LogP contribution in [-0.4, -0.2) is 37.6 Å². The first-order chi connectivity index (χ1) is 11.5. The molecule has 0 bridgehead atoms. The number of hydrogen-bond donors (Lipinski definition) is 1. The number of ether oxygens (including phenoxy) is 1. The molecule has 2 rings (SSSR count). The summed E-state index contributed by atoms with van der Waals surface area (Å²) in [5.74, 6) is 0.463. The summed E-state index contributed by atoms with van der Waals surface area (Å²) in [6, 6.07) is 15.6. The predicted octanol–water partition coefficient (Wildman–Crippen LogP) is 3.01. The summed E-state index contributed by atoms with van der Waals surface area (Å²) in [6.45, 7) is 3.32. The van der Waals surface area contributed by atoms with Crippen LogP contribution in [0.1, 0.15) is 18.5 Å². The number of rotatable bonds is 8. The van der Waals surface area contributed by atoms with Crippen molar-refractivity contribution in [3.05, 3.63) is 66.0 Å². The summed E-state index contributed by atoms with van der Waals surface area (Å²) < 4.78 is 18.5. The molecule has 0 aromatic heterocycles. The molecule has 0 radical (unpaired) electrons. The second kappa shape index (κ2) is 9.03. The molecule has 24 heavy (non-hydrogen) atoms. The Labute approximate surface area is 142 Å². The number of para-hydroxylation sites is 1. The quantitative estimate of drug-likeness (QED) is 0.809. The molecule has 0 aliphatic carbocycles. The van der Waals surface area contributed by atoms with Crippen molar-refractivity contribution in [2.75, 3.05) is 26.7 Å². The lowest BCUT2D eigenvalue weighted by Crippen LogP contribution is -2.38. The van der Waals surface area contributed by atoms with Crippen LogP contribution in [-0.2, 0) is 4.79 Å². The number of amides is 1. The van der Waals surface area contributed by atoms with Gasteiger partial charge in [0.25, 0.3) is 0 Å². The van der Waals surface area contributed by atoms with Crippen LogP contribution in [0.3, 0.4) is 0 Å². The highest BCUT2D eigenvalue weighted by Crippen LogP contribution is 2.12. The average Bonchev–Trinajstić information content (AvgIpc) is 2.56. The normalized spacial score (nSPS) is 12.0. The van der Waals surface area contributed by atoms with Gasteiger partial charge in [0.1, 0.15) is 18.2 Å². The maximum absolute atomic E-state index is 12.9. The summed E-state index contributed by atoms with van der Waals surface area (Å²) >= 11 is 0. The number of halogens is 1. The fourth-order valence-corrected chi connectivity index (χ4v) is 2.28. The Morgan fingerprint density at radius 2 is 1.83 bits per heavy atom. The smallest absolute Gasteiger partial charge is 0.234 e. The molecule has 0 spiro atoms. The number of benzene rings is 2. The topological polar surface area (TPSA) is 41.6 Å². The maximum Gasteiger partial charge on any atom is 0.234 e. The predicted molar refractivity (Wildman–Crippen MR) is 92.4 cm³/mol. The number of hydrogen-bond acceptors (Lipinski definition) is 3. The van der Waals surface area contributed by atoms with Gasteiger partial charge in [-0.25, -0.2) is 4.39 Å². The number of carbonyl (C=O) groups is 1. The third kappa shape index (κ3) is 6.01. The Balaban J connectivity index is 1.70. The molecule has 1 atom stereocenters. The van der Waals surface area contributed by atoms with E-state index in [0.717, 1.165) is 11.3 Å². The van der Waals surface area contributed by atoms with E-state index < -0.39 is 0 Å². The van der Waals surface area contributed by atoms with Crippen molar-refractivity contribution in [2.24, 2.45) is 0 Å². The van der Waals surface area contributed by atoms with Gasteiger partial charge in [0, 0.05) is 6.54 Å². The molecule has 1 unspecified atom stereocenters. The average molecular weight is 330 g/mol. The minimum absolute atomic E-state index is 0.0750. The van der Waals surface area contributed by atoms with Gasteiger partial charge in [-0.1, -0.05) is 30.3 Å². The second-order valence-corrected chi connectivity index (χ2v) is 5.74. The van der Waals surface area contributed by atoms with E-state index in [1.807, 2.05) is 49.2 Å². The van der Waals surface area contributed by atoms with Gasteiger partial charge in [-0.15, -0.1) is 0 Å². The highest BCUT2D eigenvalue weighted by molar-refractivity contribution is 5.78. The van der Waals surface area contributed by atoms with Crippen LogP contribution in [0.2, 0.25) is 0 Å². The Morgan fingerprint density at radius 3 is 2.50 bits per heavy atom. The van der Waals surface area contributed by atoms with E-state index in [0.29, 0.717) is 13.2 Å². The monoisotopic (exact) mass is 330 g/mol. The van der Waals surface area contributed by atoms with E-state index in [4.69, 9.17) is 4.74 Å². The molecule has 1 N–H and O–H groups in total. The van der Waals surface area contributed by atoms with Crippen LogP contribution in [0.5, 0.6) is 5.75 Å². The lowest BCUT2D eigenvalue weighted by Gasteiger charge is -2.19. The van der Waals surface area contributed by atoms with Gasteiger partial charge >= 0.3 is 0 Å². The lowest BCUT2D eigenvalue weighted by atomic mass is 10.1. The SMILES string of the molecule is CC(NC(=O)CN(C)CCOc1ccccc1)c1ccc(F)cc1. The van der Waals surface area contributed by atoms with Gasteiger partial charge in [0.2, 0.25) is 5.91 Å². The van der Waals surface area contributed by atoms with Gasteiger partial charge in [-0.2, -0.15) is 0 Å². The van der Waals surface area contributed by atoms with Crippen LogP contribution in [0.25, 0.3) is 0 Å². The van der Waals surface area contributed by atoms with Crippen molar-refractivity contribution in [3.8, 4) is 5.75 Å². The summed E-state index contributed by atoms with van der Waals surface area (Å²) in [6.07, 6.45) is 0. The van der Waals surface area contributed by atoms with Crippen molar-refractivity contribution in [1.29, 1.82) is 0 Å². The Bertz CT molecular complexity index is 632. The zero-order chi connectivity index (χ0) is 17.4. The molecule has 0 aliphatic rings. The van der Waals surface area contributed by atoms with Gasteiger partial charge in [-0.05, 0) is 43.8 Å². The fourth-order valence-electron chi connectivity index (χ4n) is 2.28. The van der Waals surface area contributed by atoms with Crippen molar-refractivity contribution < 1.29 is 13.9 Å². The van der Waals surface area contributed by atoms with Gasteiger partial charge in [0.15, 0.2) is 0 Å². The molecule has 0 fully saturated rings. The van der Waals surface area contributed by atoms with Gasteiger partial charge in [0.05, 0.1) is 12.6 Å². The number of likely N-dealkylation sites (N-methyl/N-ethyl adjacent to an activating group) is 1. The molecule has 4 nitrogen and oxygen atoms in total. The molecule has 1 amide bonds. The van der Waals surface area contributed by atoms with Crippen LogP contribution in [0.4, 0.5) is 4.39 Å². The third-order valence-electron chi connectivity index (χ3n) is 3.65. The first-order valence-corrected chi connectivity index (χ1v) is 7.96. The number of carbonyl (C=O) groups excluding carboxylic acids is 1. The van der Waals surface area contributed by atoms with E-state index in [1.165, 1.54) is 12.1 Å². The second-order valence-electron chi connectivity index (χ2n) is 5.74. The zero-order valence-electron chi connectivity index (χ0n) is 14.0. The molecule has 5 heteroatoms. The standard InChI is InChI=1S/C19H23FN2O2/c1-15(16-8-10-17(20)11-9-16)21-19(23)14-22(2)12-13-24-18-6-4-3-5-7-18/h3-11,15H,12-14H2,1-2H3,(H,21,23). The molecule has 128 valence electrons. The summed E-state index contributed by atoms with van der Waals surface area (Å²) in [7, 11) is 1.87. The minimum atomic E-state index is -0.282. The lowest BCUT2D eigenvalue weighted by molar-refractivity contribution is -0.122. The molecule has 2 aromatic rings. The summed E-state index contributed by atoms with van der Waals surface area (Å²) in [4.78, 5) is 14.0. The first-order valence-electron chi connectivity index (χ1n) is 7.96. The van der Waals surface area contributed by atoms with Gasteiger partial charge < -0.3 is 10.1 Å². The van der Waals surface area contributed by atoms with Crippen LogP contribution < -0.4 is 10.1 Å². The van der Waals surface area contributed by atoms with Crippen molar-refractivity contribution in [1.82, 2.24) is 10.2 Å². The molecule has 2 aromatic carbocycles. The fraction of sp³-hybridized carbons (Fsp3) is 0.316. The van der Waals surface area contributed by atoms with Crippen LogP contribution in [0.15, 0.2) is 54.6 Å². The molecular weight excluding hydrogens is 307 g/mol. The Hall–Kier alpha value is -2.40.